The Hall–Kier alpha value is -1.37. The summed E-state index contributed by atoms with van der Waals surface area (Å²) in [5, 5.41) is 5.10. The van der Waals surface area contributed by atoms with Crippen LogP contribution in [-0.4, -0.2) is 29.4 Å². The Bertz CT molecular complexity index is 469. The standard InChI is InChI=1S/C13H20N4O2.2ClH/c1-8(2)12(14)13(19)15-7-11(18)17-10-6-4-5-9(3)16-10;;/h4-6,8,12H,7,14H2,1-3H3,(H,15,19)(H,16,17,18);2*1H/t12-;;/m0../s1. The Morgan fingerprint density at radius 3 is 2.43 bits per heavy atom. The van der Waals surface area contributed by atoms with E-state index in [1.807, 2.05) is 26.8 Å². The van der Waals surface area contributed by atoms with Gasteiger partial charge in [-0.1, -0.05) is 19.9 Å². The van der Waals surface area contributed by atoms with Crippen molar-refractivity contribution in [1.82, 2.24) is 10.3 Å². The van der Waals surface area contributed by atoms with Crippen molar-refractivity contribution in [2.24, 2.45) is 11.7 Å². The predicted octanol–water partition coefficient (Wildman–Crippen LogP) is 1.27. The number of nitrogens with zero attached hydrogens (tertiary/aromatic N) is 1. The number of nitrogens with one attached hydrogen (secondary N) is 2. The number of amides is 2. The molecule has 0 aliphatic heterocycles. The maximum atomic E-state index is 11.6. The normalized spacial score (nSPS) is 10.9. The number of halogens is 2. The lowest BCUT2D eigenvalue weighted by Crippen LogP contribution is -2.46. The first kappa shape index (κ1) is 21.9. The molecule has 6 nitrogen and oxygen atoms in total. The number of hydrogen-bond donors (Lipinski definition) is 3. The molecule has 120 valence electrons. The van der Waals surface area contributed by atoms with Gasteiger partial charge in [0.2, 0.25) is 11.8 Å². The van der Waals surface area contributed by atoms with Crippen molar-refractivity contribution in [2.45, 2.75) is 26.8 Å². The van der Waals surface area contributed by atoms with Crippen LogP contribution in [0.25, 0.3) is 0 Å². The predicted molar refractivity (Wildman–Crippen MR) is 87.9 cm³/mol. The molecular weight excluding hydrogens is 315 g/mol. The zero-order chi connectivity index (χ0) is 14.4. The molecule has 8 heteroatoms. The van der Waals surface area contributed by atoms with Crippen molar-refractivity contribution in [3.05, 3.63) is 23.9 Å². The van der Waals surface area contributed by atoms with E-state index in [0.717, 1.165) is 5.69 Å². The minimum absolute atomic E-state index is 0. The van der Waals surface area contributed by atoms with Crippen molar-refractivity contribution in [3.63, 3.8) is 0 Å². The third-order valence-electron chi connectivity index (χ3n) is 2.60. The SMILES string of the molecule is Cc1cccc(NC(=O)CNC(=O)[C@@H](N)C(C)C)n1.Cl.Cl. The summed E-state index contributed by atoms with van der Waals surface area (Å²) in [7, 11) is 0. The van der Waals surface area contributed by atoms with Gasteiger partial charge in [0.15, 0.2) is 0 Å². The molecule has 0 fully saturated rings. The molecule has 2 amide bonds. The zero-order valence-electron chi connectivity index (χ0n) is 12.3. The average molecular weight is 337 g/mol. The van der Waals surface area contributed by atoms with Gasteiger partial charge in [-0.05, 0) is 25.0 Å². The number of pyridine rings is 1. The summed E-state index contributed by atoms with van der Waals surface area (Å²) in [6.45, 7) is 5.41. The summed E-state index contributed by atoms with van der Waals surface area (Å²) >= 11 is 0. The van der Waals surface area contributed by atoms with Crippen LogP contribution in [0.5, 0.6) is 0 Å². The lowest BCUT2D eigenvalue weighted by atomic mass is 10.1. The largest absolute Gasteiger partial charge is 0.346 e. The lowest BCUT2D eigenvalue weighted by Gasteiger charge is -2.15. The lowest BCUT2D eigenvalue weighted by molar-refractivity contribution is -0.125. The highest BCUT2D eigenvalue weighted by molar-refractivity contribution is 5.94. The summed E-state index contributed by atoms with van der Waals surface area (Å²) in [6, 6.07) is 4.71. The molecule has 0 bridgehead atoms. The molecule has 0 saturated heterocycles. The van der Waals surface area contributed by atoms with Crippen molar-refractivity contribution >= 4 is 42.4 Å². The number of nitrogens with two attached hydrogens (primary N) is 1. The van der Waals surface area contributed by atoms with Crippen molar-refractivity contribution in [2.75, 3.05) is 11.9 Å². The number of anilines is 1. The maximum absolute atomic E-state index is 11.6. The molecule has 0 aromatic carbocycles. The van der Waals surface area contributed by atoms with E-state index in [4.69, 9.17) is 5.73 Å². The van der Waals surface area contributed by atoms with Crippen LogP contribution >= 0.6 is 24.8 Å². The van der Waals surface area contributed by atoms with Gasteiger partial charge in [0.25, 0.3) is 0 Å². The van der Waals surface area contributed by atoms with E-state index in [9.17, 15) is 9.59 Å². The molecule has 0 spiro atoms. The van der Waals surface area contributed by atoms with E-state index < -0.39 is 6.04 Å². The molecule has 0 saturated carbocycles. The van der Waals surface area contributed by atoms with Crippen LogP contribution < -0.4 is 16.4 Å². The van der Waals surface area contributed by atoms with E-state index in [0.29, 0.717) is 5.82 Å². The first-order valence-corrected chi connectivity index (χ1v) is 6.17. The molecule has 1 heterocycles. The molecule has 1 aromatic heterocycles. The quantitative estimate of drug-likeness (QED) is 0.754. The van der Waals surface area contributed by atoms with E-state index in [1.54, 1.807) is 12.1 Å². The Labute approximate surface area is 137 Å². The summed E-state index contributed by atoms with van der Waals surface area (Å²) < 4.78 is 0. The Morgan fingerprint density at radius 2 is 1.90 bits per heavy atom. The van der Waals surface area contributed by atoms with E-state index in [2.05, 4.69) is 15.6 Å². The molecule has 4 N–H and O–H groups in total. The maximum Gasteiger partial charge on any atom is 0.244 e. The Balaban J connectivity index is 0. The van der Waals surface area contributed by atoms with Crippen molar-refractivity contribution in [1.29, 1.82) is 0 Å². The summed E-state index contributed by atoms with van der Waals surface area (Å²) in [5.74, 6) is -0.168. The second-order valence-electron chi connectivity index (χ2n) is 4.70. The second kappa shape index (κ2) is 10.4. The fourth-order valence-corrected chi connectivity index (χ4v) is 1.39. The molecular formula is C13H22Cl2N4O2. The van der Waals surface area contributed by atoms with Crippen LogP contribution in [-0.2, 0) is 9.59 Å². The van der Waals surface area contributed by atoms with E-state index in [1.165, 1.54) is 0 Å². The van der Waals surface area contributed by atoms with E-state index in [-0.39, 0.29) is 49.1 Å². The van der Waals surface area contributed by atoms with Gasteiger partial charge in [0.1, 0.15) is 5.82 Å². The average Bonchev–Trinajstić information content (AvgIpc) is 2.34. The molecule has 1 aromatic rings. The minimum atomic E-state index is -0.607. The third kappa shape index (κ3) is 7.84. The molecule has 0 unspecified atom stereocenters. The minimum Gasteiger partial charge on any atom is -0.346 e. The molecule has 1 rings (SSSR count). The summed E-state index contributed by atoms with van der Waals surface area (Å²) in [4.78, 5) is 27.3. The van der Waals surface area contributed by atoms with Gasteiger partial charge < -0.3 is 16.4 Å². The van der Waals surface area contributed by atoms with Gasteiger partial charge >= 0.3 is 0 Å². The van der Waals surface area contributed by atoms with Crippen molar-refractivity contribution < 1.29 is 9.59 Å². The first-order valence-electron chi connectivity index (χ1n) is 6.17. The Kier molecular flexibility index (Phi) is 10.8. The Morgan fingerprint density at radius 1 is 1.29 bits per heavy atom. The summed E-state index contributed by atoms with van der Waals surface area (Å²) in [6.07, 6.45) is 0. The highest BCUT2D eigenvalue weighted by atomic mass is 35.5. The number of carbonyl (C=O) groups is 2. The molecule has 0 aliphatic carbocycles. The number of rotatable bonds is 5. The van der Waals surface area contributed by atoms with Gasteiger partial charge in [-0.3, -0.25) is 9.59 Å². The monoisotopic (exact) mass is 336 g/mol. The summed E-state index contributed by atoms with van der Waals surface area (Å²) in [5.41, 5.74) is 6.47. The fourth-order valence-electron chi connectivity index (χ4n) is 1.39. The fraction of sp³-hybridized carbons (Fsp3) is 0.462. The highest BCUT2D eigenvalue weighted by Crippen LogP contribution is 2.03. The van der Waals surface area contributed by atoms with Crippen LogP contribution in [0.4, 0.5) is 5.82 Å². The van der Waals surface area contributed by atoms with Crippen LogP contribution in [0.2, 0.25) is 0 Å². The number of aryl methyl sites for hydroxylation is 1. The number of aromatic nitrogens is 1. The van der Waals surface area contributed by atoms with Gasteiger partial charge in [-0.2, -0.15) is 0 Å². The van der Waals surface area contributed by atoms with Crippen LogP contribution in [0.3, 0.4) is 0 Å². The highest BCUT2D eigenvalue weighted by Gasteiger charge is 2.17. The van der Waals surface area contributed by atoms with Crippen LogP contribution in [0, 0.1) is 12.8 Å². The van der Waals surface area contributed by atoms with Gasteiger partial charge in [-0.15, -0.1) is 24.8 Å². The number of hydrogen-bond acceptors (Lipinski definition) is 4. The third-order valence-corrected chi connectivity index (χ3v) is 2.60. The van der Waals surface area contributed by atoms with E-state index >= 15 is 0 Å². The smallest absolute Gasteiger partial charge is 0.244 e. The number of carbonyl (C=O) groups excluding carboxylic acids is 2. The topological polar surface area (TPSA) is 97.1 Å². The molecule has 21 heavy (non-hydrogen) atoms. The van der Waals surface area contributed by atoms with Gasteiger partial charge in [0.05, 0.1) is 12.6 Å². The van der Waals surface area contributed by atoms with Gasteiger partial charge in [-0.25, -0.2) is 4.98 Å². The molecule has 0 aliphatic rings. The van der Waals surface area contributed by atoms with Crippen molar-refractivity contribution in [3.8, 4) is 0 Å². The van der Waals surface area contributed by atoms with Crippen LogP contribution in [0.1, 0.15) is 19.5 Å². The molecule has 1 atom stereocenters. The van der Waals surface area contributed by atoms with Crippen LogP contribution in [0.15, 0.2) is 18.2 Å². The van der Waals surface area contributed by atoms with Gasteiger partial charge in [0, 0.05) is 5.69 Å². The molecule has 0 radical (unpaired) electrons. The zero-order valence-corrected chi connectivity index (χ0v) is 13.9. The second-order valence-corrected chi connectivity index (χ2v) is 4.70. The first-order chi connectivity index (χ1) is 8.90.